The van der Waals surface area contributed by atoms with Crippen LogP contribution < -0.4 is 5.73 Å². The molecule has 0 fully saturated rings. The van der Waals surface area contributed by atoms with Gasteiger partial charge >= 0.3 is 0 Å². The fourth-order valence-electron chi connectivity index (χ4n) is 2.17. The molecule has 1 aromatic heterocycles. The van der Waals surface area contributed by atoms with Gasteiger partial charge in [0.2, 0.25) is 0 Å². The van der Waals surface area contributed by atoms with E-state index >= 15 is 0 Å². The Bertz CT molecular complexity index is 553. The average molecular weight is 229 g/mol. The topological polar surface area (TPSA) is 43.8 Å². The zero-order valence-corrected chi connectivity index (χ0v) is 10.9. The lowest BCUT2D eigenvalue weighted by Crippen LogP contribution is -2.02. The predicted molar refractivity (Wildman–Crippen MR) is 72.0 cm³/mol. The molecule has 0 unspecified atom stereocenters. The van der Waals surface area contributed by atoms with Gasteiger partial charge in [-0.05, 0) is 39.3 Å². The SMILES string of the molecule is CCn1c(C)nc(-c2cc(C)ccc2C)c1N. The van der Waals surface area contributed by atoms with E-state index in [1.807, 2.05) is 11.5 Å². The fourth-order valence-corrected chi connectivity index (χ4v) is 2.17. The number of hydrogen-bond donors (Lipinski definition) is 1. The van der Waals surface area contributed by atoms with Crippen LogP contribution in [0.15, 0.2) is 18.2 Å². The van der Waals surface area contributed by atoms with Gasteiger partial charge in [-0.1, -0.05) is 17.7 Å². The molecule has 2 rings (SSSR count). The largest absolute Gasteiger partial charge is 0.383 e. The van der Waals surface area contributed by atoms with Crippen LogP contribution in [0.1, 0.15) is 23.9 Å². The normalized spacial score (nSPS) is 10.8. The molecule has 0 spiro atoms. The highest BCUT2D eigenvalue weighted by Gasteiger charge is 2.14. The van der Waals surface area contributed by atoms with Gasteiger partial charge in [0.1, 0.15) is 17.3 Å². The second-order valence-electron chi connectivity index (χ2n) is 4.46. The van der Waals surface area contributed by atoms with Crippen molar-refractivity contribution in [3.63, 3.8) is 0 Å². The van der Waals surface area contributed by atoms with E-state index in [9.17, 15) is 0 Å². The lowest BCUT2D eigenvalue weighted by atomic mass is 10.0. The van der Waals surface area contributed by atoms with Crippen molar-refractivity contribution >= 4 is 5.82 Å². The molecule has 17 heavy (non-hydrogen) atoms. The Labute approximate surface area is 102 Å². The summed E-state index contributed by atoms with van der Waals surface area (Å²) in [6.45, 7) is 9.11. The standard InChI is InChI=1S/C14H19N3/c1-5-17-11(4)16-13(14(17)15)12-8-9(2)6-7-10(12)3/h6-8H,5,15H2,1-4H3. The van der Waals surface area contributed by atoms with E-state index in [0.29, 0.717) is 0 Å². The van der Waals surface area contributed by atoms with E-state index in [4.69, 9.17) is 5.73 Å². The van der Waals surface area contributed by atoms with Gasteiger partial charge in [0.15, 0.2) is 0 Å². The Hall–Kier alpha value is -1.77. The zero-order chi connectivity index (χ0) is 12.6. The minimum atomic E-state index is 0.763. The number of hydrogen-bond acceptors (Lipinski definition) is 2. The molecule has 0 saturated carbocycles. The van der Waals surface area contributed by atoms with Crippen LogP contribution in [0.5, 0.6) is 0 Å². The lowest BCUT2D eigenvalue weighted by Gasteiger charge is -2.06. The highest BCUT2D eigenvalue weighted by molar-refractivity contribution is 5.74. The van der Waals surface area contributed by atoms with Crippen molar-refractivity contribution in [1.29, 1.82) is 0 Å². The number of nitrogens with two attached hydrogens (primary N) is 1. The summed E-state index contributed by atoms with van der Waals surface area (Å²) in [7, 11) is 0. The predicted octanol–water partition coefficient (Wildman–Crippen LogP) is 3.08. The van der Waals surface area contributed by atoms with Crippen molar-refractivity contribution in [2.45, 2.75) is 34.2 Å². The number of nitrogens with zero attached hydrogens (tertiary/aromatic N) is 2. The van der Waals surface area contributed by atoms with Crippen LogP contribution in [-0.4, -0.2) is 9.55 Å². The van der Waals surface area contributed by atoms with Crippen LogP contribution in [0.3, 0.4) is 0 Å². The average Bonchev–Trinajstić information content (AvgIpc) is 2.57. The second kappa shape index (κ2) is 4.24. The van der Waals surface area contributed by atoms with Crippen molar-refractivity contribution in [2.24, 2.45) is 0 Å². The molecule has 0 aliphatic heterocycles. The summed E-state index contributed by atoms with van der Waals surface area (Å²) < 4.78 is 2.04. The van der Waals surface area contributed by atoms with Gasteiger partial charge in [-0.25, -0.2) is 4.98 Å². The van der Waals surface area contributed by atoms with Gasteiger partial charge in [-0.3, -0.25) is 0 Å². The number of aromatic nitrogens is 2. The number of imidazole rings is 1. The van der Waals surface area contributed by atoms with Crippen molar-refractivity contribution < 1.29 is 0 Å². The lowest BCUT2D eigenvalue weighted by molar-refractivity contribution is 0.739. The number of anilines is 1. The summed E-state index contributed by atoms with van der Waals surface area (Å²) >= 11 is 0. The molecule has 0 aliphatic rings. The van der Waals surface area contributed by atoms with Gasteiger partial charge < -0.3 is 10.3 Å². The van der Waals surface area contributed by atoms with Crippen LogP contribution in [0.2, 0.25) is 0 Å². The van der Waals surface area contributed by atoms with Gasteiger partial charge in [-0.2, -0.15) is 0 Å². The summed E-state index contributed by atoms with van der Waals surface area (Å²) in [6, 6.07) is 6.37. The first-order chi connectivity index (χ1) is 8.04. The smallest absolute Gasteiger partial charge is 0.131 e. The third-order valence-corrected chi connectivity index (χ3v) is 3.16. The van der Waals surface area contributed by atoms with Gasteiger partial charge in [0.25, 0.3) is 0 Å². The molecule has 0 amide bonds. The maximum atomic E-state index is 6.17. The van der Waals surface area contributed by atoms with E-state index < -0.39 is 0 Å². The molecule has 0 saturated heterocycles. The van der Waals surface area contributed by atoms with Crippen LogP contribution in [0.4, 0.5) is 5.82 Å². The number of benzene rings is 1. The first-order valence-corrected chi connectivity index (χ1v) is 5.94. The molecule has 2 aromatic rings. The molecular formula is C14H19N3. The third-order valence-electron chi connectivity index (χ3n) is 3.16. The Morgan fingerprint density at radius 1 is 1.24 bits per heavy atom. The summed E-state index contributed by atoms with van der Waals surface area (Å²) in [6.07, 6.45) is 0. The summed E-state index contributed by atoms with van der Waals surface area (Å²) in [5.41, 5.74) is 10.7. The number of aryl methyl sites for hydroxylation is 3. The number of nitrogen functional groups attached to an aromatic ring is 1. The molecule has 1 aromatic carbocycles. The molecule has 3 nitrogen and oxygen atoms in total. The molecule has 0 aliphatic carbocycles. The molecule has 0 bridgehead atoms. The van der Waals surface area contributed by atoms with E-state index in [2.05, 4.69) is 44.0 Å². The highest BCUT2D eigenvalue weighted by Crippen LogP contribution is 2.29. The minimum absolute atomic E-state index is 0.763. The second-order valence-corrected chi connectivity index (χ2v) is 4.46. The Morgan fingerprint density at radius 3 is 2.53 bits per heavy atom. The Kier molecular flexibility index (Phi) is 2.92. The first kappa shape index (κ1) is 11.7. The molecule has 3 heteroatoms. The van der Waals surface area contributed by atoms with E-state index in [1.165, 1.54) is 11.1 Å². The molecule has 1 heterocycles. The molecule has 0 atom stereocenters. The molecule has 2 N–H and O–H groups in total. The number of rotatable bonds is 2. The van der Waals surface area contributed by atoms with Crippen LogP contribution in [0, 0.1) is 20.8 Å². The Morgan fingerprint density at radius 2 is 1.94 bits per heavy atom. The van der Waals surface area contributed by atoms with Crippen LogP contribution in [0.25, 0.3) is 11.3 Å². The van der Waals surface area contributed by atoms with E-state index in [1.54, 1.807) is 0 Å². The van der Waals surface area contributed by atoms with Crippen molar-refractivity contribution in [2.75, 3.05) is 5.73 Å². The quantitative estimate of drug-likeness (QED) is 0.860. The minimum Gasteiger partial charge on any atom is -0.383 e. The summed E-state index contributed by atoms with van der Waals surface area (Å²) in [4.78, 5) is 4.59. The van der Waals surface area contributed by atoms with Gasteiger partial charge in [0, 0.05) is 12.1 Å². The van der Waals surface area contributed by atoms with E-state index in [-0.39, 0.29) is 0 Å². The molecule has 90 valence electrons. The van der Waals surface area contributed by atoms with Crippen molar-refractivity contribution in [3.05, 3.63) is 35.2 Å². The molecule has 0 radical (unpaired) electrons. The monoisotopic (exact) mass is 229 g/mol. The summed E-state index contributed by atoms with van der Waals surface area (Å²) in [5, 5.41) is 0. The first-order valence-electron chi connectivity index (χ1n) is 5.94. The van der Waals surface area contributed by atoms with Crippen LogP contribution in [-0.2, 0) is 6.54 Å². The molecular weight excluding hydrogens is 210 g/mol. The van der Waals surface area contributed by atoms with Gasteiger partial charge in [0.05, 0.1) is 0 Å². The van der Waals surface area contributed by atoms with Gasteiger partial charge in [-0.15, -0.1) is 0 Å². The fraction of sp³-hybridized carbons (Fsp3) is 0.357. The van der Waals surface area contributed by atoms with Crippen LogP contribution >= 0.6 is 0 Å². The highest BCUT2D eigenvalue weighted by atomic mass is 15.1. The maximum absolute atomic E-state index is 6.17. The van der Waals surface area contributed by atoms with Crippen molar-refractivity contribution in [3.8, 4) is 11.3 Å². The van der Waals surface area contributed by atoms with Crippen molar-refractivity contribution in [1.82, 2.24) is 9.55 Å². The third kappa shape index (κ3) is 1.93. The summed E-state index contributed by atoms with van der Waals surface area (Å²) in [5.74, 6) is 1.74. The maximum Gasteiger partial charge on any atom is 0.131 e. The van der Waals surface area contributed by atoms with E-state index in [0.717, 1.165) is 29.4 Å². The zero-order valence-electron chi connectivity index (χ0n) is 10.9. The Balaban J connectivity index is 2.64.